The van der Waals surface area contributed by atoms with Gasteiger partial charge >= 0.3 is 0 Å². The van der Waals surface area contributed by atoms with E-state index in [1.807, 2.05) is 45.2 Å². The van der Waals surface area contributed by atoms with Crippen LogP contribution in [0.15, 0.2) is 17.5 Å². The number of carbonyl (C=O) groups is 2. The summed E-state index contributed by atoms with van der Waals surface area (Å²) >= 11 is 3.00. The van der Waals surface area contributed by atoms with Crippen LogP contribution in [0.4, 0.5) is 5.13 Å². The van der Waals surface area contributed by atoms with Crippen molar-refractivity contribution in [3.05, 3.63) is 33.0 Å². The Labute approximate surface area is 144 Å². The normalized spacial score (nSPS) is 10.8. The van der Waals surface area contributed by atoms with Crippen LogP contribution < -0.4 is 5.32 Å². The van der Waals surface area contributed by atoms with Gasteiger partial charge in [-0.25, -0.2) is 4.98 Å². The van der Waals surface area contributed by atoms with Crippen molar-refractivity contribution in [2.75, 3.05) is 11.9 Å². The minimum absolute atomic E-state index is 0.0343. The van der Waals surface area contributed by atoms with E-state index in [1.165, 1.54) is 11.3 Å². The molecule has 0 bridgehead atoms. The van der Waals surface area contributed by atoms with E-state index in [2.05, 4.69) is 10.3 Å². The molecule has 0 atom stereocenters. The van der Waals surface area contributed by atoms with E-state index in [0.29, 0.717) is 11.6 Å². The first-order valence-corrected chi connectivity index (χ1v) is 9.12. The van der Waals surface area contributed by atoms with Gasteiger partial charge in [0.05, 0.1) is 12.1 Å². The third-order valence-corrected chi connectivity index (χ3v) is 5.30. The van der Waals surface area contributed by atoms with E-state index in [0.717, 1.165) is 15.4 Å². The molecule has 0 aliphatic rings. The third-order valence-electron chi connectivity index (χ3n) is 3.44. The van der Waals surface area contributed by atoms with Crippen LogP contribution in [0, 0.1) is 13.8 Å². The van der Waals surface area contributed by atoms with Crippen LogP contribution in [-0.4, -0.2) is 34.3 Å². The van der Waals surface area contributed by atoms with Gasteiger partial charge in [0.15, 0.2) is 5.13 Å². The lowest BCUT2D eigenvalue weighted by atomic mass is 10.2. The zero-order valence-corrected chi connectivity index (χ0v) is 15.4. The Kier molecular flexibility index (Phi) is 5.90. The van der Waals surface area contributed by atoms with Crippen LogP contribution in [0.2, 0.25) is 0 Å². The Hall–Kier alpha value is -1.73. The molecule has 2 heterocycles. The average molecular weight is 351 g/mol. The Morgan fingerprint density at radius 3 is 2.61 bits per heavy atom. The number of hydrogen-bond acceptors (Lipinski definition) is 5. The standard InChI is InChI=1S/C16H21N3O2S2/c1-10(2)19(15(21)8-13-6-5-7-22-13)9-14(20)18-16-17-11(3)12(4)23-16/h5-7,10H,8-9H2,1-4H3,(H,17,18,20). The number of thiophene rings is 1. The van der Waals surface area contributed by atoms with Gasteiger partial charge in [-0.1, -0.05) is 6.07 Å². The first kappa shape index (κ1) is 17.6. The van der Waals surface area contributed by atoms with Gasteiger partial charge in [-0.3, -0.25) is 9.59 Å². The minimum atomic E-state index is -0.216. The lowest BCUT2D eigenvalue weighted by molar-refractivity contribution is -0.135. The van der Waals surface area contributed by atoms with Gasteiger partial charge in [-0.2, -0.15) is 0 Å². The fourth-order valence-corrected chi connectivity index (χ4v) is 3.59. The number of rotatable bonds is 6. The van der Waals surface area contributed by atoms with Crippen molar-refractivity contribution in [2.24, 2.45) is 0 Å². The molecule has 2 aromatic rings. The molecule has 2 aromatic heterocycles. The van der Waals surface area contributed by atoms with Gasteiger partial charge in [-0.15, -0.1) is 22.7 Å². The molecule has 0 unspecified atom stereocenters. The molecular weight excluding hydrogens is 330 g/mol. The summed E-state index contributed by atoms with van der Waals surface area (Å²) in [5, 5.41) is 5.31. The van der Waals surface area contributed by atoms with Crippen LogP contribution in [0.25, 0.3) is 0 Å². The van der Waals surface area contributed by atoms with Crippen molar-refractivity contribution in [1.82, 2.24) is 9.88 Å². The van der Waals surface area contributed by atoms with Crippen LogP contribution in [-0.2, 0) is 16.0 Å². The molecule has 23 heavy (non-hydrogen) atoms. The molecule has 2 amide bonds. The van der Waals surface area contributed by atoms with Crippen molar-refractivity contribution in [3.8, 4) is 0 Å². The number of aryl methyl sites for hydroxylation is 2. The number of aromatic nitrogens is 1. The van der Waals surface area contributed by atoms with Gasteiger partial charge in [0.2, 0.25) is 11.8 Å². The quantitative estimate of drug-likeness (QED) is 0.869. The predicted octanol–water partition coefficient (Wildman–Crippen LogP) is 3.24. The molecular formula is C16H21N3O2S2. The van der Waals surface area contributed by atoms with E-state index in [-0.39, 0.29) is 24.4 Å². The van der Waals surface area contributed by atoms with Crippen molar-refractivity contribution < 1.29 is 9.59 Å². The molecule has 1 N–H and O–H groups in total. The molecule has 5 nitrogen and oxygen atoms in total. The monoisotopic (exact) mass is 351 g/mol. The fraction of sp³-hybridized carbons (Fsp3) is 0.438. The summed E-state index contributed by atoms with van der Waals surface area (Å²) in [5.74, 6) is -0.254. The van der Waals surface area contributed by atoms with Crippen LogP contribution in [0.5, 0.6) is 0 Å². The second kappa shape index (κ2) is 7.70. The molecule has 0 radical (unpaired) electrons. The Balaban J connectivity index is 1.98. The first-order chi connectivity index (χ1) is 10.9. The van der Waals surface area contributed by atoms with Gasteiger partial charge in [0.25, 0.3) is 0 Å². The molecule has 0 spiro atoms. The first-order valence-electron chi connectivity index (χ1n) is 7.42. The summed E-state index contributed by atoms with van der Waals surface area (Å²) in [5.41, 5.74) is 0.916. The second-order valence-corrected chi connectivity index (χ2v) is 7.82. The maximum atomic E-state index is 12.4. The molecule has 0 fully saturated rings. The SMILES string of the molecule is Cc1nc(NC(=O)CN(C(=O)Cc2cccs2)C(C)C)sc1C. The summed E-state index contributed by atoms with van der Waals surface area (Å²) in [7, 11) is 0. The maximum absolute atomic E-state index is 12.4. The van der Waals surface area contributed by atoms with E-state index < -0.39 is 0 Å². The van der Waals surface area contributed by atoms with Crippen LogP contribution in [0.3, 0.4) is 0 Å². The summed E-state index contributed by atoms with van der Waals surface area (Å²) in [6, 6.07) is 3.82. The Morgan fingerprint density at radius 1 is 1.35 bits per heavy atom. The van der Waals surface area contributed by atoms with Crippen molar-refractivity contribution in [1.29, 1.82) is 0 Å². The van der Waals surface area contributed by atoms with E-state index in [4.69, 9.17) is 0 Å². The maximum Gasteiger partial charge on any atom is 0.245 e. The zero-order valence-electron chi connectivity index (χ0n) is 13.8. The smallest absolute Gasteiger partial charge is 0.245 e. The molecule has 0 saturated heterocycles. The molecule has 0 aliphatic heterocycles. The highest BCUT2D eigenvalue weighted by Crippen LogP contribution is 2.21. The van der Waals surface area contributed by atoms with Crippen LogP contribution in [0.1, 0.15) is 29.3 Å². The summed E-state index contributed by atoms with van der Waals surface area (Å²) < 4.78 is 0. The van der Waals surface area contributed by atoms with Crippen LogP contribution >= 0.6 is 22.7 Å². The number of carbonyl (C=O) groups excluding carboxylic acids is 2. The molecule has 0 saturated carbocycles. The topological polar surface area (TPSA) is 62.3 Å². The molecule has 0 aliphatic carbocycles. The summed E-state index contributed by atoms with van der Waals surface area (Å²) in [6.07, 6.45) is 0.332. The van der Waals surface area contributed by atoms with E-state index >= 15 is 0 Å². The number of nitrogens with one attached hydrogen (secondary N) is 1. The highest BCUT2D eigenvalue weighted by atomic mass is 32.1. The summed E-state index contributed by atoms with van der Waals surface area (Å²) in [4.78, 5) is 32.6. The largest absolute Gasteiger partial charge is 0.331 e. The van der Waals surface area contributed by atoms with Gasteiger partial charge < -0.3 is 10.2 Å². The number of nitrogens with zero attached hydrogens (tertiary/aromatic N) is 2. The average Bonchev–Trinajstić information content (AvgIpc) is 3.06. The Morgan fingerprint density at radius 2 is 2.09 bits per heavy atom. The molecule has 7 heteroatoms. The number of amides is 2. The van der Waals surface area contributed by atoms with E-state index in [9.17, 15) is 9.59 Å². The molecule has 124 valence electrons. The highest BCUT2D eigenvalue weighted by Gasteiger charge is 2.21. The number of anilines is 1. The highest BCUT2D eigenvalue weighted by molar-refractivity contribution is 7.15. The van der Waals surface area contributed by atoms with Crippen molar-refractivity contribution >= 4 is 39.6 Å². The second-order valence-electron chi connectivity index (χ2n) is 5.58. The lowest BCUT2D eigenvalue weighted by Gasteiger charge is -2.25. The minimum Gasteiger partial charge on any atom is -0.331 e. The lowest BCUT2D eigenvalue weighted by Crippen LogP contribution is -2.43. The van der Waals surface area contributed by atoms with Crippen molar-refractivity contribution in [2.45, 2.75) is 40.2 Å². The summed E-state index contributed by atoms with van der Waals surface area (Å²) in [6.45, 7) is 7.74. The zero-order chi connectivity index (χ0) is 17.0. The molecule has 2 rings (SSSR count). The molecule has 0 aromatic carbocycles. The number of hydrogen-bond donors (Lipinski definition) is 1. The Bertz CT molecular complexity index is 658. The van der Waals surface area contributed by atoms with Gasteiger partial charge in [0.1, 0.15) is 6.54 Å². The van der Waals surface area contributed by atoms with Gasteiger partial charge in [-0.05, 0) is 39.1 Å². The van der Waals surface area contributed by atoms with Crippen molar-refractivity contribution in [3.63, 3.8) is 0 Å². The fourth-order valence-electron chi connectivity index (χ4n) is 2.06. The number of thiazole rings is 1. The van der Waals surface area contributed by atoms with Gasteiger partial charge in [0, 0.05) is 15.8 Å². The third kappa shape index (κ3) is 4.87. The van der Waals surface area contributed by atoms with E-state index in [1.54, 1.807) is 16.2 Å². The predicted molar refractivity (Wildman–Crippen MR) is 95.1 cm³/mol.